The minimum absolute atomic E-state index is 0.172. The lowest BCUT2D eigenvalue weighted by molar-refractivity contribution is 0.711. The van der Waals surface area contributed by atoms with E-state index in [4.69, 9.17) is 4.52 Å². The van der Waals surface area contributed by atoms with E-state index in [1.165, 1.54) is 0 Å². The van der Waals surface area contributed by atoms with Gasteiger partial charge in [0.25, 0.3) is 0 Å². The molecule has 0 aliphatic carbocycles. The Hall–Kier alpha value is 1.53. The smallest absolute Gasteiger partial charge is 0.117 e. The van der Waals surface area contributed by atoms with Gasteiger partial charge in [0.1, 0.15) is 16.5 Å². The Kier molecular flexibility index (Phi) is 8.38. The first kappa shape index (κ1) is 25.5. The second-order valence-corrected chi connectivity index (χ2v) is 31.5. The maximum atomic E-state index is 5.77. The maximum absolute atomic E-state index is 5.77. The Morgan fingerprint density at radius 2 is 1.12 bits per heavy atom. The van der Waals surface area contributed by atoms with Gasteiger partial charge in [0.05, 0.1) is 8.22 Å². The predicted molar refractivity (Wildman–Crippen MR) is 128 cm³/mol. The second-order valence-electron chi connectivity index (χ2n) is 11.1. The fraction of sp³-hybridized carbons (Fsp3) is 1.00. The van der Waals surface area contributed by atoms with Crippen LogP contribution in [0.25, 0.3) is 0 Å². The van der Waals surface area contributed by atoms with Crippen LogP contribution in [0, 0.1) is 0 Å². The first-order valence-corrected chi connectivity index (χ1v) is 21.0. The molecule has 0 heterocycles. The molecule has 0 aliphatic heterocycles. The monoisotopic (exact) mass is 472 g/mol. The molecule has 0 spiro atoms. The Morgan fingerprint density at radius 3 is 1.29 bits per heavy atom. The van der Waals surface area contributed by atoms with Gasteiger partial charge in [-0.05, 0) is 15.5 Å². The molecule has 0 N–H and O–H groups in total. The number of hydrogen-bond acceptors (Lipinski definition) is 2. The predicted octanol–water partition coefficient (Wildman–Crippen LogP) is 8.79. The summed E-state index contributed by atoms with van der Waals surface area (Å²) in [5, 5.41) is 0.344. The van der Waals surface area contributed by atoms with E-state index >= 15 is 0 Å². The van der Waals surface area contributed by atoms with Gasteiger partial charge in [-0.25, -0.2) is 0 Å². The highest BCUT2D eigenvalue weighted by atomic mass is 79.9. The minimum Gasteiger partial charge on any atom is -0.306 e. The Morgan fingerprint density at radius 1 is 0.833 bits per heavy atom. The van der Waals surface area contributed by atoms with Crippen LogP contribution in [0.4, 0.5) is 0 Å². The summed E-state index contributed by atoms with van der Waals surface area (Å²) in [5.41, 5.74) is 0.597. The number of hydrogen-bond donors (Lipinski definition) is 0. The molecular formula is C17H43BrN2P2Si2. The molecule has 146 valence electrons. The SMILES string of the molecule is CC(C)P(N=P(Br)(C(C)(C)C)C(C)(C)C)N([Si](C)(C)C)[Si](C)(C)C. The minimum atomic E-state index is -1.67. The van der Waals surface area contributed by atoms with E-state index in [0.717, 1.165) is 0 Å². The fourth-order valence-corrected chi connectivity index (χ4v) is 26.6. The molecule has 7 heteroatoms. The van der Waals surface area contributed by atoms with Crippen LogP contribution in [0.3, 0.4) is 0 Å². The van der Waals surface area contributed by atoms with Gasteiger partial charge in [-0.1, -0.05) is 94.7 Å². The summed E-state index contributed by atoms with van der Waals surface area (Å²) in [7, 11) is -3.37. The molecule has 1 atom stereocenters. The van der Waals surface area contributed by atoms with Gasteiger partial charge in [0.2, 0.25) is 0 Å². The van der Waals surface area contributed by atoms with Crippen LogP contribution in [0.5, 0.6) is 0 Å². The van der Waals surface area contributed by atoms with Gasteiger partial charge >= 0.3 is 0 Å². The van der Waals surface area contributed by atoms with Gasteiger partial charge in [-0.2, -0.15) is 0 Å². The highest BCUT2D eigenvalue weighted by molar-refractivity contribution is 9.41. The first-order chi connectivity index (χ1) is 10.2. The highest BCUT2D eigenvalue weighted by Gasteiger charge is 2.46. The summed E-state index contributed by atoms with van der Waals surface area (Å²) in [5.74, 6) is -1.67. The molecule has 0 radical (unpaired) electrons. The molecule has 0 bridgehead atoms. The lowest BCUT2D eigenvalue weighted by atomic mass is 10.2. The maximum Gasteiger partial charge on any atom is 0.117 e. The zero-order valence-electron chi connectivity index (χ0n) is 18.7. The third-order valence-corrected chi connectivity index (χ3v) is 29.6. The van der Waals surface area contributed by atoms with E-state index in [0.29, 0.717) is 5.66 Å². The summed E-state index contributed by atoms with van der Waals surface area (Å²) in [6, 6.07) is 0. The molecular weight excluding hydrogens is 430 g/mol. The van der Waals surface area contributed by atoms with E-state index in [9.17, 15) is 0 Å². The van der Waals surface area contributed by atoms with Crippen molar-refractivity contribution in [1.29, 1.82) is 0 Å². The summed E-state index contributed by atoms with van der Waals surface area (Å²) < 4.78 is 8.72. The Bertz CT molecular complexity index is 449. The van der Waals surface area contributed by atoms with E-state index < -0.39 is 30.5 Å². The van der Waals surface area contributed by atoms with Crippen molar-refractivity contribution in [3.63, 3.8) is 0 Å². The Labute approximate surface area is 164 Å². The molecule has 0 fully saturated rings. The molecule has 1 unspecified atom stereocenters. The quantitative estimate of drug-likeness (QED) is 0.288. The van der Waals surface area contributed by atoms with Crippen LogP contribution >= 0.6 is 29.5 Å². The van der Waals surface area contributed by atoms with Crippen molar-refractivity contribution in [3.8, 4) is 0 Å². The third-order valence-electron chi connectivity index (χ3n) is 3.93. The van der Waals surface area contributed by atoms with E-state index in [1.807, 2.05) is 0 Å². The van der Waals surface area contributed by atoms with Gasteiger partial charge in [0.15, 0.2) is 0 Å². The fourth-order valence-electron chi connectivity index (χ4n) is 3.40. The van der Waals surface area contributed by atoms with Gasteiger partial charge in [-0.15, -0.1) is 0 Å². The van der Waals surface area contributed by atoms with Crippen molar-refractivity contribution in [1.82, 2.24) is 4.00 Å². The van der Waals surface area contributed by atoms with Crippen molar-refractivity contribution < 1.29 is 0 Å². The van der Waals surface area contributed by atoms with Crippen molar-refractivity contribution in [2.45, 2.75) is 111 Å². The summed E-state index contributed by atoms with van der Waals surface area (Å²) in [6.45, 7) is 34.0. The first-order valence-electron chi connectivity index (χ1n) is 9.08. The number of rotatable bonds is 5. The van der Waals surface area contributed by atoms with Crippen LogP contribution in [0.1, 0.15) is 55.4 Å². The third kappa shape index (κ3) is 6.03. The zero-order valence-corrected chi connectivity index (χ0v) is 24.1. The molecule has 0 amide bonds. The van der Waals surface area contributed by atoms with Crippen LogP contribution in [-0.2, 0) is 0 Å². The molecule has 0 aromatic heterocycles. The van der Waals surface area contributed by atoms with Crippen LogP contribution < -0.4 is 0 Å². The number of halogens is 1. The molecule has 0 aromatic carbocycles. The van der Waals surface area contributed by atoms with Crippen LogP contribution in [0.15, 0.2) is 4.52 Å². The molecule has 2 nitrogen and oxygen atoms in total. The van der Waals surface area contributed by atoms with Gasteiger partial charge in [0, 0.05) is 21.7 Å². The van der Waals surface area contributed by atoms with Crippen molar-refractivity contribution in [3.05, 3.63) is 0 Å². The molecule has 24 heavy (non-hydrogen) atoms. The summed E-state index contributed by atoms with van der Waals surface area (Å²) in [6.07, 6.45) is 0. The second kappa shape index (κ2) is 7.88. The molecule has 0 aliphatic rings. The van der Waals surface area contributed by atoms with E-state index in [1.54, 1.807) is 0 Å². The van der Waals surface area contributed by atoms with Gasteiger partial charge in [-0.3, -0.25) is 4.52 Å². The topological polar surface area (TPSA) is 15.6 Å². The van der Waals surface area contributed by atoms with Crippen LogP contribution in [-0.4, -0.2) is 36.4 Å². The zero-order chi connectivity index (χ0) is 19.9. The molecule has 0 saturated carbocycles. The standard InChI is InChI=1S/C17H43BrN2P2Si2/c1-15(2)21(20(23(9,10)11)24(12,13)14)19-22(18,16(3,4)5)17(6,7)8/h15H,1-14H3. The summed E-state index contributed by atoms with van der Waals surface area (Å²) >= 11 is 4.26. The largest absolute Gasteiger partial charge is 0.306 e. The van der Waals surface area contributed by atoms with Gasteiger partial charge < -0.3 is 4.00 Å². The molecule has 0 saturated heterocycles. The lowest BCUT2D eigenvalue weighted by Gasteiger charge is -2.51. The average molecular weight is 474 g/mol. The van der Waals surface area contributed by atoms with E-state index in [-0.39, 0.29) is 10.3 Å². The highest BCUT2D eigenvalue weighted by Crippen LogP contribution is 2.79. The van der Waals surface area contributed by atoms with E-state index in [2.05, 4.69) is 114 Å². The van der Waals surface area contributed by atoms with Crippen molar-refractivity contribution in [2.75, 3.05) is 0 Å². The summed E-state index contributed by atoms with van der Waals surface area (Å²) in [4.78, 5) is 0. The number of nitrogens with zero attached hydrogens (tertiary/aromatic N) is 2. The normalized spacial score (nSPS) is 16.7. The van der Waals surface area contributed by atoms with Crippen LogP contribution in [0.2, 0.25) is 39.3 Å². The van der Waals surface area contributed by atoms with Crippen molar-refractivity contribution >= 4 is 45.9 Å². The lowest BCUT2D eigenvalue weighted by Crippen LogP contribution is -2.56. The molecule has 0 rings (SSSR count). The average Bonchev–Trinajstić information content (AvgIpc) is 2.20. The van der Waals surface area contributed by atoms with Crippen molar-refractivity contribution in [2.24, 2.45) is 4.52 Å². The molecule has 0 aromatic rings. The Balaban J connectivity index is 6.65.